The van der Waals surface area contributed by atoms with Crippen molar-refractivity contribution in [3.8, 4) is 11.8 Å². The number of carbonyl (C=O) groups is 1. The predicted molar refractivity (Wildman–Crippen MR) is 74.3 cm³/mol. The van der Waals surface area contributed by atoms with Crippen molar-refractivity contribution in [2.24, 2.45) is 0 Å². The van der Waals surface area contributed by atoms with E-state index in [9.17, 15) is 4.79 Å². The molecule has 0 saturated carbocycles. The van der Waals surface area contributed by atoms with Gasteiger partial charge in [-0.1, -0.05) is 0 Å². The summed E-state index contributed by atoms with van der Waals surface area (Å²) in [5.74, 6) is 0.790. The van der Waals surface area contributed by atoms with Crippen LogP contribution >= 0.6 is 0 Å². The van der Waals surface area contributed by atoms with Gasteiger partial charge in [0.2, 0.25) is 17.7 Å². The maximum Gasteiger partial charge on any atom is 0.325 e. The maximum absolute atomic E-state index is 11.7. The summed E-state index contributed by atoms with van der Waals surface area (Å²) in [6.45, 7) is 6.06. The summed E-state index contributed by atoms with van der Waals surface area (Å²) in [6.07, 6.45) is 0. The van der Waals surface area contributed by atoms with Crippen molar-refractivity contribution in [3.63, 3.8) is 0 Å². The zero-order valence-electron chi connectivity index (χ0n) is 12.5. The lowest BCUT2D eigenvalue weighted by Crippen LogP contribution is -2.37. The lowest BCUT2D eigenvalue weighted by molar-refractivity contribution is -0.141. The second-order valence-corrected chi connectivity index (χ2v) is 4.28. The van der Waals surface area contributed by atoms with Crippen molar-refractivity contribution < 1.29 is 19.0 Å². The minimum Gasteiger partial charge on any atom is -0.481 e. The molecule has 0 spiro atoms. The fourth-order valence-corrected chi connectivity index (χ4v) is 1.56. The maximum atomic E-state index is 11.7. The molecule has 0 fully saturated rings. The van der Waals surface area contributed by atoms with Crippen LogP contribution in [0.4, 0.5) is 5.95 Å². The number of carbonyl (C=O) groups excluding carboxylic acids is 1. The van der Waals surface area contributed by atoms with Gasteiger partial charge in [0.25, 0.3) is 0 Å². The van der Waals surface area contributed by atoms with Crippen LogP contribution in [0.5, 0.6) is 11.8 Å². The summed E-state index contributed by atoms with van der Waals surface area (Å²) >= 11 is 0. The van der Waals surface area contributed by atoms with Crippen LogP contribution in [-0.4, -0.2) is 49.4 Å². The van der Waals surface area contributed by atoms with Gasteiger partial charge in [-0.2, -0.15) is 9.97 Å². The van der Waals surface area contributed by atoms with Crippen molar-refractivity contribution in [2.45, 2.75) is 26.8 Å². The molecular weight excluding hydrogens is 262 g/mol. The molecule has 0 amide bonds. The largest absolute Gasteiger partial charge is 0.481 e. The van der Waals surface area contributed by atoms with Crippen LogP contribution in [0.15, 0.2) is 6.07 Å². The van der Waals surface area contributed by atoms with E-state index in [0.29, 0.717) is 24.3 Å². The normalized spacial score (nSPS) is 10.3. The second-order valence-electron chi connectivity index (χ2n) is 4.28. The lowest BCUT2D eigenvalue weighted by atomic mass is 10.3. The van der Waals surface area contributed by atoms with E-state index >= 15 is 0 Å². The van der Waals surface area contributed by atoms with Crippen LogP contribution in [0.1, 0.15) is 20.8 Å². The summed E-state index contributed by atoms with van der Waals surface area (Å²) in [5.41, 5.74) is 0. The smallest absolute Gasteiger partial charge is 0.325 e. The highest BCUT2D eigenvalue weighted by atomic mass is 16.5. The molecular formula is C13H21N3O4. The zero-order valence-corrected chi connectivity index (χ0v) is 12.5. The molecule has 0 aliphatic carbocycles. The summed E-state index contributed by atoms with van der Waals surface area (Å²) in [6, 6.07) is 1.60. The first-order valence-corrected chi connectivity index (χ1v) is 6.41. The van der Waals surface area contributed by atoms with Crippen LogP contribution in [0.25, 0.3) is 0 Å². The summed E-state index contributed by atoms with van der Waals surface area (Å²) in [4.78, 5) is 21.9. The topological polar surface area (TPSA) is 73.8 Å². The Morgan fingerprint density at radius 2 is 1.80 bits per heavy atom. The van der Waals surface area contributed by atoms with Crippen molar-refractivity contribution in [3.05, 3.63) is 6.07 Å². The highest BCUT2D eigenvalue weighted by Gasteiger charge is 2.20. The molecule has 0 aliphatic heterocycles. The Labute approximate surface area is 118 Å². The Morgan fingerprint density at radius 3 is 2.20 bits per heavy atom. The Bertz CT molecular complexity index is 429. The number of aromatic nitrogens is 2. The molecule has 0 aliphatic rings. The minimum atomic E-state index is -0.327. The van der Waals surface area contributed by atoms with Crippen LogP contribution in [-0.2, 0) is 9.53 Å². The molecule has 1 aromatic heterocycles. The molecule has 0 saturated heterocycles. The van der Waals surface area contributed by atoms with E-state index in [1.807, 2.05) is 13.8 Å². The molecule has 0 atom stereocenters. The van der Waals surface area contributed by atoms with Crippen LogP contribution in [0.3, 0.4) is 0 Å². The number of rotatable bonds is 7. The van der Waals surface area contributed by atoms with Gasteiger partial charge in [0, 0.05) is 6.04 Å². The Morgan fingerprint density at radius 1 is 1.25 bits per heavy atom. The van der Waals surface area contributed by atoms with Crippen molar-refractivity contribution in [1.29, 1.82) is 0 Å². The third kappa shape index (κ3) is 4.25. The summed E-state index contributed by atoms with van der Waals surface area (Å²) in [5, 5.41) is 0. The second kappa shape index (κ2) is 7.52. The van der Waals surface area contributed by atoms with E-state index < -0.39 is 0 Å². The first-order valence-electron chi connectivity index (χ1n) is 6.41. The van der Waals surface area contributed by atoms with Gasteiger partial charge in [0.1, 0.15) is 6.54 Å². The van der Waals surface area contributed by atoms with Crippen LogP contribution in [0, 0.1) is 0 Å². The third-order valence-electron chi connectivity index (χ3n) is 2.57. The zero-order chi connectivity index (χ0) is 15.1. The Balaban J connectivity index is 3.04. The molecule has 1 aromatic rings. The molecule has 112 valence electrons. The van der Waals surface area contributed by atoms with Crippen LogP contribution < -0.4 is 14.4 Å². The molecule has 0 unspecified atom stereocenters. The molecule has 1 rings (SSSR count). The van der Waals surface area contributed by atoms with Gasteiger partial charge < -0.3 is 19.1 Å². The summed E-state index contributed by atoms with van der Waals surface area (Å²) in [7, 11) is 3.02. The molecule has 0 aromatic carbocycles. The SMILES string of the molecule is CCOC(=O)CN(c1nc(OC)cc(OC)n1)C(C)C. The number of anilines is 1. The molecule has 1 heterocycles. The van der Waals surface area contributed by atoms with E-state index in [2.05, 4.69) is 9.97 Å². The number of hydrogen-bond acceptors (Lipinski definition) is 7. The van der Waals surface area contributed by atoms with Crippen LogP contribution in [0.2, 0.25) is 0 Å². The van der Waals surface area contributed by atoms with E-state index in [4.69, 9.17) is 14.2 Å². The van der Waals surface area contributed by atoms with Gasteiger partial charge in [-0.25, -0.2) is 0 Å². The lowest BCUT2D eigenvalue weighted by Gasteiger charge is -2.25. The van der Waals surface area contributed by atoms with Gasteiger partial charge >= 0.3 is 5.97 Å². The Kier molecular flexibility index (Phi) is 6.02. The molecule has 7 nitrogen and oxygen atoms in total. The first-order chi connectivity index (χ1) is 9.51. The van der Waals surface area contributed by atoms with Gasteiger partial charge in [-0.3, -0.25) is 4.79 Å². The van der Waals surface area contributed by atoms with E-state index in [1.165, 1.54) is 14.2 Å². The molecule has 0 bridgehead atoms. The minimum absolute atomic E-state index is 0.0243. The molecule has 0 radical (unpaired) electrons. The number of hydrogen-bond donors (Lipinski definition) is 0. The summed E-state index contributed by atoms with van der Waals surface area (Å²) < 4.78 is 15.2. The van der Waals surface area contributed by atoms with Crippen molar-refractivity contribution in [2.75, 3.05) is 32.3 Å². The average molecular weight is 283 g/mol. The molecule has 7 heteroatoms. The van der Waals surface area contributed by atoms with Gasteiger partial charge in [-0.15, -0.1) is 0 Å². The highest BCUT2D eigenvalue weighted by molar-refractivity contribution is 5.75. The van der Waals surface area contributed by atoms with Crippen molar-refractivity contribution >= 4 is 11.9 Å². The predicted octanol–water partition coefficient (Wildman–Crippen LogP) is 1.27. The first kappa shape index (κ1) is 16.0. The third-order valence-corrected chi connectivity index (χ3v) is 2.57. The monoisotopic (exact) mass is 283 g/mol. The van der Waals surface area contributed by atoms with E-state index in [-0.39, 0.29) is 18.6 Å². The standard InChI is InChI=1S/C13H21N3O4/c1-6-20-12(17)8-16(9(2)3)13-14-10(18-4)7-11(15-13)19-5/h7,9H,6,8H2,1-5H3. The Hall–Kier alpha value is -2.05. The van der Waals surface area contributed by atoms with E-state index in [0.717, 1.165) is 0 Å². The number of methoxy groups -OCH3 is 2. The van der Waals surface area contributed by atoms with Crippen molar-refractivity contribution in [1.82, 2.24) is 9.97 Å². The van der Waals surface area contributed by atoms with Gasteiger partial charge in [0.05, 0.1) is 26.9 Å². The molecule has 20 heavy (non-hydrogen) atoms. The quantitative estimate of drug-likeness (QED) is 0.698. The fourth-order valence-electron chi connectivity index (χ4n) is 1.56. The average Bonchev–Trinajstić information content (AvgIpc) is 2.44. The fraction of sp³-hybridized carbons (Fsp3) is 0.615. The van der Waals surface area contributed by atoms with E-state index in [1.54, 1.807) is 17.9 Å². The number of esters is 1. The number of ether oxygens (including phenoxy) is 3. The highest BCUT2D eigenvalue weighted by Crippen LogP contribution is 2.21. The number of nitrogens with zero attached hydrogens (tertiary/aromatic N) is 3. The molecule has 0 N–H and O–H groups in total. The van der Waals surface area contributed by atoms with Gasteiger partial charge in [0.15, 0.2) is 0 Å². The van der Waals surface area contributed by atoms with Gasteiger partial charge in [-0.05, 0) is 20.8 Å².